The van der Waals surface area contributed by atoms with Gasteiger partial charge in [-0.3, -0.25) is 4.79 Å². The van der Waals surface area contributed by atoms with E-state index in [-0.39, 0.29) is 22.8 Å². The first kappa shape index (κ1) is 21.6. The molecule has 1 aromatic rings. The van der Waals surface area contributed by atoms with Gasteiger partial charge in [-0.1, -0.05) is 29.8 Å². The van der Waals surface area contributed by atoms with Crippen LogP contribution in [0, 0.1) is 12.8 Å². The number of benzene rings is 1. The summed E-state index contributed by atoms with van der Waals surface area (Å²) in [5, 5.41) is 10.2. The van der Waals surface area contributed by atoms with E-state index >= 15 is 0 Å². The van der Waals surface area contributed by atoms with Crippen molar-refractivity contribution < 1.29 is 23.1 Å². The number of unbranched alkanes of at least 4 members (excludes halogenated alkanes) is 1. The first-order valence-corrected chi connectivity index (χ1v) is 10.8. The number of carbonyl (C=O) groups is 1. The molecule has 0 aliphatic heterocycles. The molecular formula is C20H29NO5S. The minimum atomic E-state index is -3.61. The minimum Gasteiger partial charge on any atom is -0.469 e. The molecule has 0 bridgehead atoms. The number of allylic oxidation sites excluding steroid dienone is 2. The Morgan fingerprint density at radius 2 is 1.96 bits per heavy atom. The normalized spacial score (nSPS) is 23.0. The molecule has 27 heavy (non-hydrogen) atoms. The molecule has 6 nitrogen and oxygen atoms in total. The van der Waals surface area contributed by atoms with Crippen molar-refractivity contribution in [2.75, 3.05) is 7.11 Å². The van der Waals surface area contributed by atoms with Crippen molar-refractivity contribution in [3.8, 4) is 0 Å². The van der Waals surface area contributed by atoms with Crippen LogP contribution in [0.3, 0.4) is 0 Å². The molecule has 1 aromatic carbocycles. The lowest BCUT2D eigenvalue weighted by atomic mass is 9.98. The van der Waals surface area contributed by atoms with E-state index in [9.17, 15) is 18.3 Å². The monoisotopic (exact) mass is 395 g/mol. The van der Waals surface area contributed by atoms with Crippen LogP contribution >= 0.6 is 0 Å². The second kappa shape index (κ2) is 10.0. The fourth-order valence-corrected chi connectivity index (χ4v) is 4.66. The number of carbonyl (C=O) groups excluding carboxylic acids is 1. The van der Waals surface area contributed by atoms with Crippen molar-refractivity contribution >= 4 is 16.0 Å². The average molecular weight is 396 g/mol. The summed E-state index contributed by atoms with van der Waals surface area (Å²) >= 11 is 0. The standard InChI is InChI=1S/C20H29NO5S/c1-15-9-11-16(12-10-15)27(24,25)21-18-13-14-19(22)17(18)7-5-3-4-6-8-20(23)26-2/h3,5,9-12,17-19,21-22H,4,6-8,13-14H2,1-2H3/b5-3-/t17-,18+,19+/m1/s1. The molecule has 0 saturated heterocycles. The maximum absolute atomic E-state index is 12.6. The number of ether oxygens (including phenoxy) is 1. The Labute approximate surface area is 161 Å². The highest BCUT2D eigenvalue weighted by Gasteiger charge is 2.36. The smallest absolute Gasteiger partial charge is 0.305 e. The largest absolute Gasteiger partial charge is 0.469 e. The first-order chi connectivity index (χ1) is 12.8. The number of methoxy groups -OCH3 is 1. The van der Waals surface area contributed by atoms with E-state index in [1.807, 2.05) is 19.1 Å². The fraction of sp³-hybridized carbons (Fsp3) is 0.550. The molecule has 150 valence electrons. The Bertz CT molecular complexity index is 742. The van der Waals surface area contributed by atoms with E-state index < -0.39 is 16.1 Å². The van der Waals surface area contributed by atoms with Gasteiger partial charge in [0.2, 0.25) is 10.0 Å². The third-order valence-corrected chi connectivity index (χ3v) is 6.48. The lowest BCUT2D eigenvalue weighted by Gasteiger charge is -2.22. The second-order valence-corrected chi connectivity index (χ2v) is 8.74. The highest BCUT2D eigenvalue weighted by molar-refractivity contribution is 7.89. The predicted molar refractivity (Wildman–Crippen MR) is 104 cm³/mol. The maximum Gasteiger partial charge on any atom is 0.305 e. The van der Waals surface area contributed by atoms with E-state index in [1.165, 1.54) is 7.11 Å². The molecule has 1 saturated carbocycles. The maximum atomic E-state index is 12.6. The summed E-state index contributed by atoms with van der Waals surface area (Å²) in [7, 11) is -2.23. The molecule has 0 heterocycles. The number of aliphatic hydroxyl groups excluding tert-OH is 1. The van der Waals surface area contributed by atoms with Crippen LogP contribution in [0.5, 0.6) is 0 Å². The Kier molecular flexibility index (Phi) is 8.01. The van der Waals surface area contributed by atoms with Gasteiger partial charge in [0.15, 0.2) is 0 Å². The topological polar surface area (TPSA) is 92.7 Å². The van der Waals surface area contributed by atoms with E-state index in [2.05, 4.69) is 9.46 Å². The van der Waals surface area contributed by atoms with Gasteiger partial charge in [0.1, 0.15) is 0 Å². The SMILES string of the molecule is COC(=O)CCC/C=C\C[C@@H]1[C@@H](NS(=O)(=O)c2ccc(C)cc2)CC[C@@H]1O. The van der Waals surface area contributed by atoms with Crippen molar-refractivity contribution in [1.82, 2.24) is 4.72 Å². The number of esters is 1. The van der Waals surface area contributed by atoms with Crippen molar-refractivity contribution in [3.63, 3.8) is 0 Å². The molecule has 0 amide bonds. The zero-order chi connectivity index (χ0) is 19.9. The number of sulfonamides is 1. The van der Waals surface area contributed by atoms with Gasteiger partial charge >= 0.3 is 5.97 Å². The van der Waals surface area contributed by atoms with Crippen molar-refractivity contribution in [1.29, 1.82) is 0 Å². The molecule has 0 unspecified atom stereocenters. The molecule has 3 atom stereocenters. The zero-order valence-electron chi connectivity index (χ0n) is 15.9. The van der Waals surface area contributed by atoms with Crippen LogP contribution in [-0.4, -0.2) is 38.7 Å². The quantitative estimate of drug-likeness (QED) is 0.381. The molecule has 2 N–H and O–H groups in total. The van der Waals surface area contributed by atoms with Crippen LogP contribution in [0.25, 0.3) is 0 Å². The van der Waals surface area contributed by atoms with Crippen molar-refractivity contribution in [3.05, 3.63) is 42.0 Å². The van der Waals surface area contributed by atoms with E-state index in [0.717, 1.165) is 12.0 Å². The van der Waals surface area contributed by atoms with Crippen LogP contribution in [0.15, 0.2) is 41.3 Å². The molecule has 7 heteroatoms. The van der Waals surface area contributed by atoms with Crippen LogP contribution in [0.4, 0.5) is 0 Å². The Morgan fingerprint density at radius 3 is 2.63 bits per heavy atom. The molecule has 0 aromatic heterocycles. The van der Waals surface area contributed by atoms with Gasteiger partial charge in [-0.05, 0) is 51.2 Å². The number of aryl methyl sites for hydroxylation is 1. The van der Waals surface area contributed by atoms with Gasteiger partial charge in [0.05, 0.1) is 18.1 Å². The Balaban J connectivity index is 1.90. The summed E-state index contributed by atoms with van der Waals surface area (Å²) in [5.41, 5.74) is 1.00. The van der Waals surface area contributed by atoms with Gasteiger partial charge in [-0.15, -0.1) is 0 Å². The summed E-state index contributed by atoms with van der Waals surface area (Å²) in [6, 6.07) is 6.45. The zero-order valence-corrected chi connectivity index (χ0v) is 16.7. The van der Waals surface area contributed by atoms with Gasteiger partial charge in [0.25, 0.3) is 0 Å². The van der Waals surface area contributed by atoms with Crippen molar-refractivity contribution in [2.24, 2.45) is 5.92 Å². The summed E-state index contributed by atoms with van der Waals surface area (Å²) in [6.45, 7) is 1.91. The predicted octanol–water partition coefficient (Wildman–Crippen LogP) is 2.70. The molecule has 0 spiro atoms. The first-order valence-electron chi connectivity index (χ1n) is 9.32. The van der Waals surface area contributed by atoms with Gasteiger partial charge < -0.3 is 9.84 Å². The summed E-state index contributed by atoms with van der Waals surface area (Å²) < 4.78 is 32.6. The third-order valence-electron chi connectivity index (χ3n) is 4.98. The minimum absolute atomic E-state index is 0.151. The van der Waals surface area contributed by atoms with Gasteiger partial charge in [-0.2, -0.15) is 0 Å². The van der Waals surface area contributed by atoms with E-state index in [1.54, 1.807) is 24.3 Å². The van der Waals surface area contributed by atoms with Gasteiger partial charge in [0, 0.05) is 18.4 Å². The van der Waals surface area contributed by atoms with Crippen molar-refractivity contribution in [2.45, 2.75) is 62.5 Å². The Morgan fingerprint density at radius 1 is 1.26 bits per heavy atom. The summed E-state index contributed by atoms with van der Waals surface area (Å²) in [5.74, 6) is -0.373. The highest BCUT2D eigenvalue weighted by atomic mass is 32.2. The number of nitrogens with one attached hydrogen (secondary N) is 1. The number of aliphatic hydroxyl groups is 1. The van der Waals surface area contributed by atoms with Crippen LogP contribution in [-0.2, 0) is 19.6 Å². The molecule has 1 aliphatic rings. The lowest BCUT2D eigenvalue weighted by Crippen LogP contribution is -2.39. The molecule has 2 rings (SSSR count). The average Bonchev–Trinajstić information content (AvgIpc) is 2.97. The van der Waals surface area contributed by atoms with E-state index in [4.69, 9.17) is 0 Å². The molecular weight excluding hydrogens is 366 g/mol. The number of hydrogen-bond donors (Lipinski definition) is 2. The molecule has 0 radical (unpaired) electrons. The molecule has 1 aliphatic carbocycles. The summed E-state index contributed by atoms with van der Waals surface area (Å²) in [6.07, 6.45) is 7.05. The van der Waals surface area contributed by atoms with Crippen LogP contribution in [0.2, 0.25) is 0 Å². The number of rotatable bonds is 9. The van der Waals surface area contributed by atoms with Crippen LogP contribution in [0.1, 0.15) is 44.1 Å². The lowest BCUT2D eigenvalue weighted by molar-refractivity contribution is -0.140. The second-order valence-electron chi connectivity index (χ2n) is 7.02. The van der Waals surface area contributed by atoms with Crippen LogP contribution < -0.4 is 4.72 Å². The third kappa shape index (κ3) is 6.45. The molecule has 1 fully saturated rings. The Hall–Kier alpha value is -1.70. The number of hydrogen-bond acceptors (Lipinski definition) is 5. The fourth-order valence-electron chi connectivity index (χ4n) is 3.34. The van der Waals surface area contributed by atoms with Gasteiger partial charge in [-0.25, -0.2) is 13.1 Å². The summed E-state index contributed by atoms with van der Waals surface area (Å²) in [4.78, 5) is 11.3. The highest BCUT2D eigenvalue weighted by Crippen LogP contribution is 2.30. The van der Waals surface area contributed by atoms with E-state index in [0.29, 0.717) is 32.1 Å².